The van der Waals surface area contributed by atoms with Gasteiger partial charge in [0.15, 0.2) is 22.4 Å². The normalized spacial score (nSPS) is 12.1. The van der Waals surface area contributed by atoms with E-state index in [-0.39, 0.29) is 0 Å². The summed E-state index contributed by atoms with van der Waals surface area (Å²) in [5.74, 6) is 1.39. The molecular weight excluding hydrogens is 462 g/mol. The molecule has 1 unspecified atom stereocenters. The second-order valence-corrected chi connectivity index (χ2v) is 8.68. The maximum Gasteiger partial charge on any atom is 0.203 e. The molecule has 0 amide bonds. The highest BCUT2D eigenvalue weighted by Gasteiger charge is 2.16. The minimum atomic E-state index is -1.04. The molecule has 12 heteroatoms. The molecule has 5 rings (SSSR count). The molecule has 33 heavy (non-hydrogen) atoms. The number of anilines is 2. The quantitative estimate of drug-likeness (QED) is 0.303. The Hall–Kier alpha value is -3.58. The van der Waals surface area contributed by atoms with E-state index < -0.39 is 12.7 Å². The zero-order chi connectivity index (χ0) is 22.6. The molecule has 5 heterocycles. The fourth-order valence-corrected chi connectivity index (χ4v) is 4.43. The van der Waals surface area contributed by atoms with Crippen LogP contribution in [0.2, 0.25) is 0 Å². The van der Waals surface area contributed by atoms with E-state index in [1.165, 1.54) is 23.1 Å². The van der Waals surface area contributed by atoms with E-state index in [4.69, 9.17) is 9.84 Å². The minimum Gasteiger partial charge on any atom is -0.449 e. The van der Waals surface area contributed by atoms with Gasteiger partial charge in [-0.25, -0.2) is 15.0 Å². The first kappa shape index (κ1) is 21.3. The lowest BCUT2D eigenvalue weighted by molar-refractivity contribution is 0.0928. The van der Waals surface area contributed by atoms with E-state index in [0.29, 0.717) is 33.8 Å². The third-order valence-electron chi connectivity index (χ3n) is 4.46. The fourth-order valence-electron chi connectivity index (χ4n) is 2.90. The van der Waals surface area contributed by atoms with E-state index >= 15 is 0 Å². The van der Waals surface area contributed by atoms with E-state index in [1.54, 1.807) is 34.6 Å². The number of nitrogens with one attached hydrogen (secondary N) is 1. The Kier molecular flexibility index (Phi) is 6.13. The number of fused-ring (bicyclic) bond motifs is 1. The van der Waals surface area contributed by atoms with Crippen molar-refractivity contribution in [3.63, 3.8) is 0 Å². The largest absolute Gasteiger partial charge is 0.449 e. The molecule has 0 bridgehead atoms. The van der Waals surface area contributed by atoms with E-state index in [9.17, 15) is 5.11 Å². The molecule has 0 saturated heterocycles. The summed E-state index contributed by atoms with van der Waals surface area (Å²) in [4.78, 5) is 14.0. The number of hydrogen-bond acceptors (Lipinski definition) is 11. The van der Waals surface area contributed by atoms with Crippen molar-refractivity contribution in [2.45, 2.75) is 16.0 Å². The number of ether oxygens (including phenoxy) is 1. The molecule has 166 valence electrons. The molecule has 1 atom stereocenters. The van der Waals surface area contributed by atoms with Crippen molar-refractivity contribution < 1.29 is 14.9 Å². The van der Waals surface area contributed by atoms with Crippen LogP contribution in [0.15, 0.2) is 76.6 Å². The van der Waals surface area contributed by atoms with Crippen LogP contribution in [0.25, 0.3) is 5.65 Å². The van der Waals surface area contributed by atoms with Crippen molar-refractivity contribution in [2.75, 3.05) is 11.9 Å². The first-order valence-electron chi connectivity index (χ1n) is 9.76. The third-order valence-corrected chi connectivity index (χ3v) is 6.14. The molecule has 0 fully saturated rings. The smallest absolute Gasteiger partial charge is 0.203 e. The summed E-state index contributed by atoms with van der Waals surface area (Å²) in [6, 6.07) is 11.2. The van der Waals surface area contributed by atoms with Crippen LogP contribution >= 0.6 is 23.1 Å². The molecular formula is C21H17N7O3S2. The minimum absolute atomic E-state index is 0.378. The zero-order valence-electron chi connectivity index (χ0n) is 16.9. The van der Waals surface area contributed by atoms with Gasteiger partial charge in [-0.05, 0) is 24.3 Å². The van der Waals surface area contributed by atoms with Crippen LogP contribution < -0.4 is 10.1 Å². The van der Waals surface area contributed by atoms with Crippen molar-refractivity contribution in [2.24, 2.45) is 0 Å². The highest BCUT2D eigenvalue weighted by molar-refractivity contribution is 7.99. The van der Waals surface area contributed by atoms with Crippen molar-refractivity contribution in [3.8, 4) is 11.5 Å². The van der Waals surface area contributed by atoms with Gasteiger partial charge in [-0.1, -0.05) is 17.8 Å². The summed E-state index contributed by atoms with van der Waals surface area (Å²) in [6.07, 6.45) is 5.83. The molecule has 3 N–H and O–H groups in total. The van der Waals surface area contributed by atoms with E-state index in [1.807, 2.05) is 36.5 Å². The molecule has 0 aliphatic carbocycles. The monoisotopic (exact) mass is 479 g/mol. The lowest BCUT2D eigenvalue weighted by Gasteiger charge is -2.13. The van der Waals surface area contributed by atoms with Crippen molar-refractivity contribution in [3.05, 3.63) is 72.4 Å². The van der Waals surface area contributed by atoms with Gasteiger partial charge in [-0.3, -0.25) is 4.40 Å². The van der Waals surface area contributed by atoms with Gasteiger partial charge in [-0.2, -0.15) is 0 Å². The average molecular weight is 480 g/mol. The van der Waals surface area contributed by atoms with Crippen LogP contribution in [0.3, 0.4) is 0 Å². The van der Waals surface area contributed by atoms with Gasteiger partial charge in [0.1, 0.15) is 17.5 Å². The number of thiazole rings is 1. The van der Waals surface area contributed by atoms with Gasteiger partial charge in [0, 0.05) is 34.9 Å². The van der Waals surface area contributed by atoms with Crippen LogP contribution in [0.1, 0.15) is 11.8 Å². The molecule has 5 aromatic rings. The lowest BCUT2D eigenvalue weighted by atomic mass is 10.3. The maximum atomic E-state index is 9.82. The molecule has 0 aliphatic rings. The molecule has 5 aromatic heterocycles. The number of nitrogens with zero attached hydrogens (tertiary/aromatic N) is 6. The summed E-state index contributed by atoms with van der Waals surface area (Å²) in [6.45, 7) is -0.405. The molecule has 0 saturated carbocycles. The molecule has 0 aliphatic heterocycles. The average Bonchev–Trinajstić information content (AvgIpc) is 3.51. The predicted octanol–water partition coefficient (Wildman–Crippen LogP) is 3.69. The number of hydrogen-bond donors (Lipinski definition) is 3. The zero-order valence-corrected chi connectivity index (χ0v) is 18.6. The summed E-state index contributed by atoms with van der Waals surface area (Å²) in [7, 11) is 0. The summed E-state index contributed by atoms with van der Waals surface area (Å²) < 4.78 is 7.97. The Balaban J connectivity index is 1.49. The summed E-state index contributed by atoms with van der Waals surface area (Å²) in [5.41, 5.74) is 0.942. The highest BCUT2D eigenvalue weighted by atomic mass is 32.2. The molecule has 0 spiro atoms. The standard InChI is InChI=1S/C21H17N7O3S2/c29-10-15(30)14-11-32-21(25-14)26-19-17(31-16-4-3-7-28-12-24-27-20(16)28)8-13(9-23-19)33-18-5-1-2-6-22-18/h1-9,11-12,15,29-30H,10H2,(H,23,25,26). The van der Waals surface area contributed by atoms with Crippen LogP contribution in [0.4, 0.5) is 10.9 Å². The number of rotatable bonds is 8. The second kappa shape index (κ2) is 9.50. The van der Waals surface area contributed by atoms with Gasteiger partial charge < -0.3 is 20.3 Å². The van der Waals surface area contributed by atoms with Gasteiger partial charge in [0.2, 0.25) is 5.65 Å². The summed E-state index contributed by atoms with van der Waals surface area (Å²) >= 11 is 2.74. The Morgan fingerprint density at radius 1 is 1.18 bits per heavy atom. The topological polar surface area (TPSA) is 131 Å². The SMILES string of the molecule is OCC(O)c1csc(Nc2ncc(Sc3ccccn3)cc2Oc2cccn3cnnc23)n1. The van der Waals surface area contributed by atoms with Gasteiger partial charge in [-0.15, -0.1) is 21.5 Å². The van der Waals surface area contributed by atoms with Gasteiger partial charge in [0.25, 0.3) is 0 Å². The third kappa shape index (κ3) is 4.78. The van der Waals surface area contributed by atoms with E-state index in [2.05, 4.69) is 30.5 Å². The first-order valence-corrected chi connectivity index (χ1v) is 11.5. The van der Waals surface area contributed by atoms with Crippen LogP contribution in [0.5, 0.6) is 11.5 Å². The second-order valence-electron chi connectivity index (χ2n) is 6.73. The van der Waals surface area contributed by atoms with Gasteiger partial charge in [0.05, 0.1) is 12.3 Å². The number of aliphatic hydroxyl groups is 2. The van der Waals surface area contributed by atoms with Crippen molar-refractivity contribution in [1.29, 1.82) is 0 Å². The Bertz CT molecular complexity index is 1380. The Morgan fingerprint density at radius 3 is 2.97 bits per heavy atom. The van der Waals surface area contributed by atoms with Crippen LogP contribution in [-0.4, -0.2) is 46.4 Å². The highest BCUT2D eigenvalue weighted by Crippen LogP contribution is 2.37. The van der Waals surface area contributed by atoms with Crippen molar-refractivity contribution >= 4 is 39.7 Å². The number of aliphatic hydroxyl groups excluding tert-OH is 2. The van der Waals surface area contributed by atoms with Crippen LogP contribution in [0, 0.1) is 0 Å². The molecule has 0 aromatic carbocycles. The van der Waals surface area contributed by atoms with Crippen molar-refractivity contribution in [1.82, 2.24) is 29.5 Å². The Morgan fingerprint density at radius 2 is 2.12 bits per heavy atom. The number of aromatic nitrogens is 6. The van der Waals surface area contributed by atoms with Crippen LogP contribution in [-0.2, 0) is 0 Å². The fraction of sp³-hybridized carbons (Fsp3) is 0.0952. The number of pyridine rings is 3. The Labute approximate surface area is 196 Å². The molecule has 0 radical (unpaired) electrons. The first-order chi connectivity index (χ1) is 16.2. The molecule has 10 nitrogen and oxygen atoms in total. The van der Waals surface area contributed by atoms with Gasteiger partial charge >= 0.3 is 0 Å². The predicted molar refractivity (Wildman–Crippen MR) is 123 cm³/mol. The summed E-state index contributed by atoms with van der Waals surface area (Å²) in [5, 5.41) is 33.2. The van der Waals surface area contributed by atoms with E-state index in [0.717, 1.165) is 9.92 Å². The maximum absolute atomic E-state index is 9.82. The lowest BCUT2D eigenvalue weighted by Crippen LogP contribution is -2.03.